The highest BCUT2D eigenvalue weighted by Crippen LogP contribution is 2.16. The average Bonchev–Trinajstić information content (AvgIpc) is 1.07. The van der Waals surface area contributed by atoms with Gasteiger partial charge >= 0.3 is 11.9 Å². The van der Waals surface area contributed by atoms with Crippen LogP contribution in [-0.4, -0.2) is 229 Å². The molecule has 0 aliphatic heterocycles. The van der Waals surface area contributed by atoms with Crippen LogP contribution in [0.1, 0.15) is 122 Å². The Balaban J connectivity index is 1.87. The molecule has 0 saturated heterocycles. The van der Waals surface area contributed by atoms with Crippen LogP contribution in [0.5, 0.6) is 5.75 Å². The highest BCUT2D eigenvalue weighted by molar-refractivity contribution is 7.98. The van der Waals surface area contributed by atoms with E-state index in [-0.39, 0.29) is 76.1 Å². The number of carbonyl (C=O) groups is 14. The molecule has 0 spiro atoms. The number of hydrogen-bond acceptors (Lipinski definition) is 22. The van der Waals surface area contributed by atoms with Gasteiger partial charge in [-0.3, -0.25) is 62.3 Å². The highest BCUT2D eigenvalue weighted by atomic mass is 32.2. The predicted octanol–water partition coefficient (Wildman–Crippen LogP) is -4.53. The Bertz CT molecular complexity index is 3300. The normalized spacial score (nSPS) is 14.9. The first-order valence-corrected chi connectivity index (χ1v) is 35.5. The lowest BCUT2D eigenvalue weighted by molar-refractivity contribution is -0.142. The van der Waals surface area contributed by atoms with E-state index in [0.717, 1.165) is 6.92 Å². The maximum absolute atomic E-state index is 14.5. The fourth-order valence-corrected chi connectivity index (χ4v) is 10.8. The minimum absolute atomic E-state index is 0.0224. The van der Waals surface area contributed by atoms with Crippen molar-refractivity contribution < 1.29 is 92.7 Å². The smallest absolute Gasteiger partial charge is 0.326 e. The number of aromatic nitrogens is 2. The summed E-state index contributed by atoms with van der Waals surface area (Å²) in [6.45, 7) is 4.97. The van der Waals surface area contributed by atoms with E-state index in [1.54, 1.807) is 50.4 Å². The summed E-state index contributed by atoms with van der Waals surface area (Å²) < 4.78 is 0. The zero-order valence-corrected chi connectivity index (χ0v) is 59.8. The number of hydrogen-bond donors (Lipinski definition) is 21. The predicted molar refractivity (Wildman–Crippen MR) is 379 cm³/mol. The van der Waals surface area contributed by atoms with Crippen LogP contribution in [0.15, 0.2) is 67.1 Å². The molecule has 0 radical (unpaired) electrons. The first-order valence-electron chi connectivity index (χ1n) is 34.1. The van der Waals surface area contributed by atoms with E-state index in [4.69, 9.17) is 22.9 Å². The number of phenols is 1. The van der Waals surface area contributed by atoms with Crippen molar-refractivity contribution in [2.75, 3.05) is 31.7 Å². The zero-order valence-electron chi connectivity index (χ0n) is 59.0. The SMILES string of the molecule is CSCC[C@H](NC(=O)[C@H](CCCCN)NC(=O)[C@H](Cc1ccccc1)NC(=O)[C@H](CCCCN)NC(=O)[C@H](CCC(=O)O)NC(=O)[C@H](CO)NC(=O)[C@H](C)NC(=O)[C@H](CCC(N)=O)NC(=O)[C@H](CC(C)C)NC(=O)[C@H](Cc1ccc(O)cc1)NC(=O)[C@@H](NC(=O)[C@@H](N)Cc1cnc[nH]1)[C@@H](C)O)C(=O)O. The van der Waals surface area contributed by atoms with Gasteiger partial charge in [-0.15, -0.1) is 0 Å². The van der Waals surface area contributed by atoms with Gasteiger partial charge < -0.3 is 112 Å². The van der Waals surface area contributed by atoms with E-state index >= 15 is 0 Å². The Morgan fingerprint density at radius 2 is 0.942 bits per heavy atom. The van der Waals surface area contributed by atoms with Crippen molar-refractivity contribution >= 4 is 94.6 Å². The number of aliphatic hydroxyl groups is 2. The van der Waals surface area contributed by atoms with Gasteiger partial charge in [-0.05, 0) is 132 Å². The summed E-state index contributed by atoms with van der Waals surface area (Å²) in [5.41, 5.74) is 24.5. The van der Waals surface area contributed by atoms with Crippen molar-refractivity contribution in [3.63, 3.8) is 0 Å². The maximum atomic E-state index is 14.5. The molecule has 0 aliphatic rings. The van der Waals surface area contributed by atoms with Gasteiger partial charge in [0, 0.05) is 44.0 Å². The summed E-state index contributed by atoms with van der Waals surface area (Å²) in [7, 11) is 0. The number of carbonyl (C=O) groups excluding carboxylic acids is 12. The van der Waals surface area contributed by atoms with Crippen molar-refractivity contribution in [3.05, 3.63) is 83.9 Å². The lowest BCUT2D eigenvalue weighted by atomic mass is 9.99. The number of rotatable bonds is 50. The largest absolute Gasteiger partial charge is 0.508 e. The Morgan fingerprint density at radius 1 is 0.500 bits per heavy atom. The summed E-state index contributed by atoms with van der Waals surface area (Å²) in [5.74, 6) is -14.8. The van der Waals surface area contributed by atoms with Gasteiger partial charge in [0.25, 0.3) is 0 Å². The fraction of sp³-hybridized carbons (Fsp3) is 0.567. The van der Waals surface area contributed by atoms with Gasteiger partial charge in [-0.1, -0.05) is 56.3 Å². The number of H-pyrrole nitrogens is 1. The maximum Gasteiger partial charge on any atom is 0.326 e. The van der Waals surface area contributed by atoms with Crippen LogP contribution in [0, 0.1) is 5.92 Å². The first kappa shape index (κ1) is 88.4. The Kier molecular flexibility index (Phi) is 39.7. The molecule has 576 valence electrons. The van der Waals surface area contributed by atoms with E-state index in [0.29, 0.717) is 41.8 Å². The van der Waals surface area contributed by atoms with Crippen LogP contribution < -0.4 is 81.4 Å². The molecule has 0 saturated carbocycles. The molecule has 1 aromatic heterocycles. The molecule has 0 aliphatic carbocycles. The minimum Gasteiger partial charge on any atom is -0.508 e. The standard InChI is InChI=1S/C67H103N17O19S/c1-36(2)29-49(80-64(99)51(31-40-17-19-42(87)20-18-40)82-66(101)55(38(4)86)84-57(92)43(70)32-41-33-72-35-73-41)62(97)77-46(21-23-53(71)88)58(93)74-37(3)56(91)83-52(34-85)65(100)78-47(22-24-54(89)90)61(96)75-45(16-10-12-27-69)60(95)81-50(30-39-13-7-6-8-14-39)63(98)76-44(15-9-11-26-68)59(94)79-48(67(102)103)25-28-104-5/h6-8,13-14,17-20,33,35-38,43-52,55,85-87H,9-12,15-16,21-32,34,68-70H2,1-5H3,(H2,71,88)(H,72,73)(H,74,93)(H,75,96)(H,76,98)(H,77,97)(H,78,100)(H,79,94)(H,80,99)(H,81,95)(H,82,101)(H,83,91)(H,84,92)(H,89,90)(H,102,103)/t37-,38+,43-,44-,45-,46-,47-,48-,49-,50-,51-,52-,55-/m0/s1. The van der Waals surface area contributed by atoms with Gasteiger partial charge in [-0.25, -0.2) is 9.78 Å². The second-order valence-corrected chi connectivity index (χ2v) is 26.4. The number of nitrogens with one attached hydrogen (secondary N) is 12. The number of imidazole rings is 1. The number of aromatic hydroxyl groups is 1. The average molecular weight is 1480 g/mol. The summed E-state index contributed by atoms with van der Waals surface area (Å²) in [4.78, 5) is 197. The molecule has 25 N–H and O–H groups in total. The number of amides is 12. The van der Waals surface area contributed by atoms with Crippen molar-refractivity contribution in [2.45, 2.75) is 203 Å². The van der Waals surface area contributed by atoms with Crippen LogP contribution in [0.25, 0.3) is 0 Å². The number of aliphatic hydroxyl groups excluding tert-OH is 2. The zero-order chi connectivity index (χ0) is 77.6. The third kappa shape index (κ3) is 32.7. The van der Waals surface area contributed by atoms with Crippen molar-refractivity contribution in [2.24, 2.45) is 28.9 Å². The highest BCUT2D eigenvalue weighted by Gasteiger charge is 2.38. The second-order valence-electron chi connectivity index (χ2n) is 25.4. The van der Waals surface area contributed by atoms with E-state index in [2.05, 4.69) is 68.5 Å². The molecule has 0 unspecified atom stereocenters. The number of nitrogens with two attached hydrogens (primary N) is 4. The molecule has 104 heavy (non-hydrogen) atoms. The number of aliphatic carboxylic acids is 2. The molecular formula is C67H103N17O19S. The number of carboxylic acid groups (broad SMARTS) is 2. The summed E-state index contributed by atoms with van der Waals surface area (Å²) in [6, 6.07) is -4.53. The molecule has 37 heteroatoms. The topological polar surface area (TPSA) is 605 Å². The van der Waals surface area contributed by atoms with Crippen molar-refractivity contribution in [3.8, 4) is 5.75 Å². The van der Waals surface area contributed by atoms with Crippen LogP contribution in [0.3, 0.4) is 0 Å². The van der Waals surface area contributed by atoms with Crippen molar-refractivity contribution in [1.82, 2.24) is 68.5 Å². The molecule has 0 fully saturated rings. The quantitative estimate of drug-likeness (QED) is 0.0237. The monoisotopic (exact) mass is 1480 g/mol. The van der Waals surface area contributed by atoms with Crippen molar-refractivity contribution in [1.29, 1.82) is 0 Å². The molecule has 0 bridgehead atoms. The van der Waals surface area contributed by atoms with Gasteiger partial charge in [0.15, 0.2) is 0 Å². The number of aromatic amines is 1. The Morgan fingerprint density at radius 3 is 1.40 bits per heavy atom. The van der Waals surface area contributed by atoms with Gasteiger partial charge in [0.1, 0.15) is 72.2 Å². The molecule has 3 rings (SSSR count). The minimum atomic E-state index is -1.92. The molecule has 3 aromatic rings. The lowest BCUT2D eigenvalue weighted by Crippen LogP contribution is -2.61. The number of primary amides is 1. The number of benzene rings is 2. The van der Waals surface area contributed by atoms with E-state index in [1.807, 2.05) is 0 Å². The second kappa shape index (κ2) is 46.7. The van der Waals surface area contributed by atoms with Crippen LogP contribution >= 0.6 is 11.8 Å². The number of unbranched alkanes of at least 4 members (excludes halogenated alkanes) is 2. The fourth-order valence-electron chi connectivity index (χ4n) is 10.4. The van der Waals surface area contributed by atoms with Crippen LogP contribution in [-0.2, 0) is 86.4 Å². The number of nitrogens with zero attached hydrogens (tertiary/aromatic N) is 1. The van der Waals surface area contributed by atoms with Gasteiger partial charge in [0.2, 0.25) is 70.9 Å². The molecular weight excluding hydrogens is 1380 g/mol. The molecule has 13 atom stereocenters. The molecule has 12 amide bonds. The number of carboxylic acids is 2. The van der Waals surface area contributed by atoms with Gasteiger partial charge in [0.05, 0.1) is 25.1 Å². The van der Waals surface area contributed by atoms with E-state index in [9.17, 15) is 92.7 Å². The third-order valence-corrected chi connectivity index (χ3v) is 16.8. The molecule has 2 aromatic carbocycles. The first-order chi connectivity index (χ1) is 49.3. The summed E-state index contributed by atoms with van der Waals surface area (Å²) in [5, 5.41) is 77.8. The summed E-state index contributed by atoms with van der Waals surface area (Å²) >= 11 is 1.36. The lowest BCUT2D eigenvalue weighted by Gasteiger charge is -2.28. The Hall–Kier alpha value is -9.82. The van der Waals surface area contributed by atoms with Gasteiger partial charge in [-0.2, -0.15) is 11.8 Å². The Labute approximate surface area is 606 Å². The third-order valence-electron chi connectivity index (χ3n) is 16.2. The molecule has 36 nitrogen and oxygen atoms in total. The van der Waals surface area contributed by atoms with Crippen LogP contribution in [0.2, 0.25) is 0 Å². The number of phenolic OH excluding ortho intramolecular Hbond substituents is 1. The molecule has 1 heterocycles. The van der Waals surface area contributed by atoms with E-state index < -0.39 is 194 Å². The number of thioether (sulfide) groups is 1. The summed E-state index contributed by atoms with van der Waals surface area (Å²) in [6.07, 6.45) is 1.42. The van der Waals surface area contributed by atoms with Crippen LogP contribution in [0.4, 0.5) is 0 Å². The van der Waals surface area contributed by atoms with E-state index in [1.165, 1.54) is 55.5 Å².